The smallest absolute Gasteiger partial charge is 0.258 e. The molecule has 1 N–H and O–H groups in total. The normalized spacial score (nSPS) is 9.68. The van der Waals surface area contributed by atoms with Crippen LogP contribution in [0.15, 0.2) is 48.5 Å². The van der Waals surface area contributed by atoms with Crippen molar-refractivity contribution in [1.29, 1.82) is 5.26 Å². The summed E-state index contributed by atoms with van der Waals surface area (Å²) in [5.74, 6) is -0.0907. The number of rotatable bonds is 2. The topological polar surface area (TPSA) is 64.3 Å². The third-order valence-corrected chi connectivity index (χ3v) is 2.78. The molecule has 0 radical (unpaired) electrons. The fraction of sp³-hybridized carbons (Fsp3) is 0.0667. The van der Waals surface area contributed by atoms with Crippen LogP contribution in [-0.2, 0) is 0 Å². The molecule has 0 aliphatic heterocycles. The van der Waals surface area contributed by atoms with Crippen molar-refractivity contribution in [3.63, 3.8) is 0 Å². The Morgan fingerprint density at radius 3 is 2.47 bits per heavy atom. The summed E-state index contributed by atoms with van der Waals surface area (Å²) in [6.07, 6.45) is 0. The van der Waals surface area contributed by atoms with Crippen molar-refractivity contribution in [2.24, 2.45) is 0 Å². The number of hydrogen-bond acceptors (Lipinski definition) is 3. The Hall–Kier alpha value is -2.80. The number of nitrogens with zero attached hydrogens (tertiary/aromatic N) is 2. The number of hydrogen-bond donors (Lipinski definition) is 1. The van der Waals surface area contributed by atoms with Crippen molar-refractivity contribution < 1.29 is 9.90 Å². The van der Waals surface area contributed by atoms with E-state index < -0.39 is 0 Å². The average molecular weight is 252 g/mol. The zero-order valence-electron chi connectivity index (χ0n) is 10.4. The molecule has 2 rings (SSSR count). The summed E-state index contributed by atoms with van der Waals surface area (Å²) in [5.41, 5.74) is 1.61. The Labute approximate surface area is 111 Å². The molecular weight excluding hydrogens is 240 g/mol. The predicted octanol–water partition coefficient (Wildman–Crippen LogP) is 2.54. The lowest BCUT2D eigenvalue weighted by Gasteiger charge is -2.17. The molecule has 0 aliphatic carbocycles. The number of phenolic OH excluding ortho intramolecular Hbond substituents is 1. The summed E-state index contributed by atoms with van der Waals surface area (Å²) in [6, 6.07) is 14.9. The van der Waals surface area contributed by atoms with Crippen molar-refractivity contribution in [2.45, 2.75) is 0 Å². The van der Waals surface area contributed by atoms with Gasteiger partial charge in [-0.1, -0.05) is 6.07 Å². The van der Waals surface area contributed by atoms with E-state index >= 15 is 0 Å². The second-order valence-electron chi connectivity index (χ2n) is 4.07. The van der Waals surface area contributed by atoms with Crippen LogP contribution in [-0.4, -0.2) is 18.1 Å². The van der Waals surface area contributed by atoms with E-state index in [4.69, 9.17) is 5.26 Å². The lowest BCUT2D eigenvalue weighted by atomic mass is 10.1. The molecule has 4 nitrogen and oxygen atoms in total. The van der Waals surface area contributed by atoms with Crippen LogP contribution in [0.5, 0.6) is 5.75 Å². The van der Waals surface area contributed by atoms with Gasteiger partial charge in [0, 0.05) is 24.4 Å². The number of anilines is 1. The molecule has 0 atom stereocenters. The third kappa shape index (κ3) is 2.72. The molecule has 2 aromatic rings. The monoisotopic (exact) mass is 252 g/mol. The van der Waals surface area contributed by atoms with E-state index in [1.54, 1.807) is 49.5 Å². The molecule has 0 aromatic heterocycles. The molecule has 0 saturated carbocycles. The van der Waals surface area contributed by atoms with Crippen molar-refractivity contribution in [2.75, 3.05) is 11.9 Å². The number of nitriles is 1. The van der Waals surface area contributed by atoms with Crippen LogP contribution >= 0.6 is 0 Å². The summed E-state index contributed by atoms with van der Waals surface area (Å²) >= 11 is 0. The van der Waals surface area contributed by atoms with Gasteiger partial charge in [-0.15, -0.1) is 0 Å². The SMILES string of the molecule is CN(C(=O)c1ccc(C#N)cc1)c1cccc(O)c1. The van der Waals surface area contributed by atoms with E-state index in [0.717, 1.165) is 0 Å². The van der Waals surface area contributed by atoms with Crippen LogP contribution in [0.25, 0.3) is 0 Å². The molecule has 0 heterocycles. The number of amides is 1. The molecule has 0 spiro atoms. The second kappa shape index (κ2) is 5.23. The van der Waals surface area contributed by atoms with Gasteiger partial charge in [-0.2, -0.15) is 5.26 Å². The quantitative estimate of drug-likeness (QED) is 0.893. The first-order valence-electron chi connectivity index (χ1n) is 5.69. The highest BCUT2D eigenvalue weighted by molar-refractivity contribution is 6.05. The fourth-order valence-electron chi connectivity index (χ4n) is 1.70. The molecule has 0 bridgehead atoms. The summed E-state index contributed by atoms with van der Waals surface area (Å²) < 4.78 is 0. The molecule has 4 heteroatoms. The molecule has 2 aromatic carbocycles. The first-order valence-corrected chi connectivity index (χ1v) is 5.69. The van der Waals surface area contributed by atoms with E-state index in [1.807, 2.05) is 6.07 Å². The Bertz CT molecular complexity index is 642. The maximum absolute atomic E-state index is 12.2. The lowest BCUT2D eigenvalue weighted by molar-refractivity contribution is 0.0993. The first kappa shape index (κ1) is 12.7. The maximum atomic E-state index is 12.2. The van der Waals surface area contributed by atoms with Gasteiger partial charge in [-0.25, -0.2) is 0 Å². The van der Waals surface area contributed by atoms with Gasteiger partial charge >= 0.3 is 0 Å². The minimum Gasteiger partial charge on any atom is -0.508 e. The summed E-state index contributed by atoms with van der Waals surface area (Å²) in [4.78, 5) is 13.7. The number of phenols is 1. The van der Waals surface area contributed by atoms with Gasteiger partial charge in [0.15, 0.2) is 0 Å². The number of benzene rings is 2. The van der Waals surface area contributed by atoms with Gasteiger partial charge in [-0.05, 0) is 36.4 Å². The second-order valence-corrected chi connectivity index (χ2v) is 4.07. The molecule has 19 heavy (non-hydrogen) atoms. The third-order valence-electron chi connectivity index (χ3n) is 2.78. The summed E-state index contributed by atoms with van der Waals surface area (Å²) in [5, 5.41) is 18.1. The van der Waals surface area contributed by atoms with Crippen molar-refractivity contribution in [3.8, 4) is 11.8 Å². The molecular formula is C15H12N2O2. The van der Waals surface area contributed by atoms with Crippen LogP contribution in [0.3, 0.4) is 0 Å². The number of carbonyl (C=O) groups is 1. The van der Waals surface area contributed by atoms with Gasteiger partial charge < -0.3 is 10.0 Å². The Morgan fingerprint density at radius 1 is 1.21 bits per heavy atom. The van der Waals surface area contributed by atoms with E-state index in [0.29, 0.717) is 16.8 Å². The van der Waals surface area contributed by atoms with E-state index in [9.17, 15) is 9.90 Å². The zero-order chi connectivity index (χ0) is 13.8. The minimum atomic E-state index is -0.199. The summed E-state index contributed by atoms with van der Waals surface area (Å²) in [7, 11) is 1.63. The van der Waals surface area contributed by atoms with Crippen molar-refractivity contribution >= 4 is 11.6 Å². The van der Waals surface area contributed by atoms with Crippen LogP contribution in [0.2, 0.25) is 0 Å². The van der Waals surface area contributed by atoms with Crippen molar-refractivity contribution in [1.82, 2.24) is 0 Å². The van der Waals surface area contributed by atoms with Gasteiger partial charge in [0.1, 0.15) is 5.75 Å². The largest absolute Gasteiger partial charge is 0.508 e. The van der Waals surface area contributed by atoms with Crippen LogP contribution < -0.4 is 4.90 Å². The highest BCUT2D eigenvalue weighted by Gasteiger charge is 2.13. The molecule has 94 valence electrons. The van der Waals surface area contributed by atoms with E-state index in [1.165, 1.54) is 11.0 Å². The van der Waals surface area contributed by atoms with E-state index in [-0.39, 0.29) is 11.7 Å². The first-order chi connectivity index (χ1) is 9.11. The molecule has 0 aliphatic rings. The highest BCUT2D eigenvalue weighted by Crippen LogP contribution is 2.20. The standard InChI is InChI=1S/C15H12N2O2/c1-17(13-3-2-4-14(18)9-13)15(19)12-7-5-11(10-16)6-8-12/h2-9,18H,1H3. The van der Waals surface area contributed by atoms with Crippen molar-refractivity contribution in [3.05, 3.63) is 59.7 Å². The van der Waals surface area contributed by atoms with Crippen LogP contribution in [0, 0.1) is 11.3 Å². The molecule has 1 amide bonds. The minimum absolute atomic E-state index is 0.108. The lowest BCUT2D eigenvalue weighted by Crippen LogP contribution is -2.26. The highest BCUT2D eigenvalue weighted by atomic mass is 16.3. The Morgan fingerprint density at radius 2 is 1.89 bits per heavy atom. The fourth-order valence-corrected chi connectivity index (χ4v) is 1.70. The number of carbonyl (C=O) groups excluding carboxylic acids is 1. The van der Waals surface area contributed by atoms with Gasteiger partial charge in [0.2, 0.25) is 0 Å². The number of aromatic hydroxyl groups is 1. The maximum Gasteiger partial charge on any atom is 0.258 e. The molecule has 0 saturated heterocycles. The van der Waals surface area contributed by atoms with Gasteiger partial charge in [0.25, 0.3) is 5.91 Å². The van der Waals surface area contributed by atoms with Crippen LogP contribution in [0.4, 0.5) is 5.69 Å². The predicted molar refractivity (Wildman–Crippen MR) is 72.0 cm³/mol. The van der Waals surface area contributed by atoms with Gasteiger partial charge in [-0.3, -0.25) is 4.79 Å². The Balaban J connectivity index is 2.26. The van der Waals surface area contributed by atoms with Crippen LogP contribution in [0.1, 0.15) is 15.9 Å². The molecule has 0 unspecified atom stereocenters. The summed E-state index contributed by atoms with van der Waals surface area (Å²) in [6.45, 7) is 0. The zero-order valence-corrected chi connectivity index (χ0v) is 10.4. The average Bonchev–Trinajstić information content (AvgIpc) is 2.46. The molecule has 0 fully saturated rings. The Kier molecular flexibility index (Phi) is 3.48. The van der Waals surface area contributed by atoms with E-state index in [2.05, 4.69) is 0 Å². The van der Waals surface area contributed by atoms with Gasteiger partial charge in [0.05, 0.1) is 11.6 Å².